The van der Waals surface area contributed by atoms with Crippen LogP contribution in [0.5, 0.6) is 0 Å². The highest BCUT2D eigenvalue weighted by molar-refractivity contribution is 6.31. The van der Waals surface area contributed by atoms with Gasteiger partial charge in [0.1, 0.15) is 6.61 Å². The van der Waals surface area contributed by atoms with Gasteiger partial charge >= 0.3 is 0 Å². The molecule has 1 rings (SSSR count). The van der Waals surface area contributed by atoms with E-state index in [4.69, 9.17) is 16.3 Å². The molecule has 0 spiro atoms. The van der Waals surface area contributed by atoms with Crippen molar-refractivity contribution in [2.75, 3.05) is 13.7 Å². The van der Waals surface area contributed by atoms with Crippen LogP contribution in [0, 0.1) is 0 Å². The summed E-state index contributed by atoms with van der Waals surface area (Å²) in [6.45, 7) is 2.03. The molecule has 3 nitrogen and oxygen atoms in total. The third kappa shape index (κ3) is 4.21. The number of amides is 1. The molecule has 1 N–H and O–H groups in total. The topological polar surface area (TPSA) is 38.3 Å². The SMILES string of the molecule is COCC(=O)NC(C)Cc1ccccc1Cl. The van der Waals surface area contributed by atoms with Crippen molar-refractivity contribution in [3.8, 4) is 0 Å². The minimum absolute atomic E-state index is 0.0440. The number of halogens is 1. The van der Waals surface area contributed by atoms with Crippen molar-refractivity contribution in [2.24, 2.45) is 0 Å². The fraction of sp³-hybridized carbons (Fsp3) is 0.417. The first-order valence-electron chi connectivity index (χ1n) is 5.15. The highest BCUT2D eigenvalue weighted by Crippen LogP contribution is 2.16. The highest BCUT2D eigenvalue weighted by Gasteiger charge is 2.09. The summed E-state index contributed by atoms with van der Waals surface area (Å²) in [5, 5.41) is 3.57. The summed E-state index contributed by atoms with van der Waals surface area (Å²) in [5.41, 5.74) is 1.04. The maximum atomic E-state index is 11.3. The van der Waals surface area contributed by atoms with Gasteiger partial charge in [0.2, 0.25) is 5.91 Å². The van der Waals surface area contributed by atoms with Gasteiger partial charge in [-0.05, 0) is 25.0 Å². The van der Waals surface area contributed by atoms with Crippen LogP contribution in [0.1, 0.15) is 12.5 Å². The zero-order valence-corrected chi connectivity index (χ0v) is 10.3. The van der Waals surface area contributed by atoms with Gasteiger partial charge in [0, 0.05) is 18.2 Å². The number of nitrogens with one attached hydrogen (secondary N) is 1. The quantitative estimate of drug-likeness (QED) is 0.857. The molecular formula is C12H16ClNO2. The average Bonchev–Trinajstić information content (AvgIpc) is 2.21. The van der Waals surface area contributed by atoms with Crippen LogP contribution < -0.4 is 5.32 Å². The Balaban J connectivity index is 2.48. The molecule has 1 aromatic carbocycles. The van der Waals surface area contributed by atoms with E-state index >= 15 is 0 Å². The lowest BCUT2D eigenvalue weighted by molar-refractivity contribution is -0.125. The molecule has 1 unspecified atom stereocenters. The van der Waals surface area contributed by atoms with Crippen molar-refractivity contribution in [3.63, 3.8) is 0 Å². The number of benzene rings is 1. The smallest absolute Gasteiger partial charge is 0.246 e. The lowest BCUT2D eigenvalue weighted by Crippen LogP contribution is -2.36. The van der Waals surface area contributed by atoms with Gasteiger partial charge in [-0.1, -0.05) is 29.8 Å². The van der Waals surface area contributed by atoms with Crippen molar-refractivity contribution in [1.29, 1.82) is 0 Å². The van der Waals surface area contributed by atoms with E-state index in [0.717, 1.165) is 17.0 Å². The zero-order chi connectivity index (χ0) is 12.0. The summed E-state index contributed by atoms with van der Waals surface area (Å²) in [7, 11) is 1.50. The predicted molar refractivity (Wildman–Crippen MR) is 64.6 cm³/mol. The van der Waals surface area contributed by atoms with Crippen molar-refractivity contribution >= 4 is 17.5 Å². The molecule has 0 aliphatic heterocycles. The van der Waals surface area contributed by atoms with E-state index in [1.54, 1.807) is 0 Å². The van der Waals surface area contributed by atoms with Crippen LogP contribution >= 0.6 is 11.6 Å². The first-order chi connectivity index (χ1) is 7.63. The van der Waals surface area contributed by atoms with Crippen molar-refractivity contribution in [2.45, 2.75) is 19.4 Å². The summed E-state index contributed by atoms with van der Waals surface area (Å²) in [5.74, 6) is -0.109. The van der Waals surface area contributed by atoms with Crippen molar-refractivity contribution in [1.82, 2.24) is 5.32 Å². The van der Waals surface area contributed by atoms with Crippen LogP contribution in [-0.4, -0.2) is 25.7 Å². The number of rotatable bonds is 5. The number of carbonyl (C=O) groups is 1. The molecule has 0 heterocycles. The van der Waals surface area contributed by atoms with Gasteiger partial charge in [0.25, 0.3) is 0 Å². The number of methoxy groups -OCH3 is 1. The molecule has 0 aromatic heterocycles. The Bertz CT molecular complexity index is 355. The monoisotopic (exact) mass is 241 g/mol. The number of ether oxygens (including phenoxy) is 1. The standard InChI is InChI=1S/C12H16ClNO2/c1-9(14-12(15)8-16-2)7-10-5-3-4-6-11(10)13/h3-6,9H,7-8H2,1-2H3,(H,14,15). The highest BCUT2D eigenvalue weighted by atomic mass is 35.5. The van der Waals surface area contributed by atoms with Crippen LogP contribution in [0.15, 0.2) is 24.3 Å². The van der Waals surface area contributed by atoms with E-state index < -0.39 is 0 Å². The molecule has 0 bridgehead atoms. The van der Waals surface area contributed by atoms with E-state index in [-0.39, 0.29) is 18.6 Å². The maximum Gasteiger partial charge on any atom is 0.246 e. The average molecular weight is 242 g/mol. The molecule has 0 saturated carbocycles. The summed E-state index contributed by atoms with van der Waals surface area (Å²) >= 11 is 6.03. The molecule has 4 heteroatoms. The van der Waals surface area contributed by atoms with Gasteiger partial charge in [-0.15, -0.1) is 0 Å². The fourth-order valence-corrected chi connectivity index (χ4v) is 1.71. The van der Waals surface area contributed by atoms with Crippen molar-refractivity contribution in [3.05, 3.63) is 34.9 Å². The van der Waals surface area contributed by atoms with Gasteiger partial charge in [-0.3, -0.25) is 4.79 Å². The molecule has 16 heavy (non-hydrogen) atoms. The largest absolute Gasteiger partial charge is 0.375 e. The van der Waals surface area contributed by atoms with Crippen LogP contribution in [0.25, 0.3) is 0 Å². The second-order valence-corrected chi connectivity index (χ2v) is 4.10. The van der Waals surface area contributed by atoms with E-state index in [0.29, 0.717) is 0 Å². The number of hydrogen-bond donors (Lipinski definition) is 1. The lowest BCUT2D eigenvalue weighted by atomic mass is 10.1. The second kappa shape index (κ2) is 6.51. The van der Waals surface area contributed by atoms with E-state index in [9.17, 15) is 4.79 Å². The summed E-state index contributed by atoms with van der Waals surface area (Å²) in [6, 6.07) is 7.68. The Morgan fingerprint density at radius 2 is 2.19 bits per heavy atom. The minimum Gasteiger partial charge on any atom is -0.375 e. The molecule has 88 valence electrons. The van der Waals surface area contributed by atoms with Crippen LogP contribution in [0.4, 0.5) is 0 Å². The molecule has 0 aliphatic rings. The summed E-state index contributed by atoms with van der Waals surface area (Å²) in [6.07, 6.45) is 0.717. The molecular weight excluding hydrogens is 226 g/mol. The third-order valence-corrected chi connectivity index (χ3v) is 2.54. The molecule has 0 radical (unpaired) electrons. The molecule has 1 amide bonds. The van der Waals surface area contributed by atoms with E-state index in [1.807, 2.05) is 31.2 Å². The molecule has 0 fully saturated rings. The molecule has 1 aromatic rings. The zero-order valence-electron chi connectivity index (χ0n) is 9.50. The maximum absolute atomic E-state index is 11.3. The molecule has 0 saturated heterocycles. The van der Waals surface area contributed by atoms with Gasteiger partial charge in [-0.2, -0.15) is 0 Å². The Hall–Kier alpha value is -1.06. The van der Waals surface area contributed by atoms with Crippen molar-refractivity contribution < 1.29 is 9.53 Å². The Morgan fingerprint density at radius 1 is 1.50 bits per heavy atom. The van der Waals surface area contributed by atoms with Crippen LogP contribution in [0.2, 0.25) is 5.02 Å². The normalized spacial score (nSPS) is 12.2. The van der Waals surface area contributed by atoms with Crippen LogP contribution in [0.3, 0.4) is 0 Å². The Labute approximate surface area is 101 Å². The van der Waals surface area contributed by atoms with Gasteiger partial charge < -0.3 is 10.1 Å². The minimum atomic E-state index is -0.109. The second-order valence-electron chi connectivity index (χ2n) is 3.70. The number of carbonyl (C=O) groups excluding carboxylic acids is 1. The molecule has 1 atom stereocenters. The Morgan fingerprint density at radius 3 is 2.81 bits per heavy atom. The molecule has 0 aliphatic carbocycles. The fourth-order valence-electron chi connectivity index (χ4n) is 1.49. The van der Waals surface area contributed by atoms with Gasteiger partial charge in [-0.25, -0.2) is 0 Å². The van der Waals surface area contributed by atoms with Crippen LogP contribution in [-0.2, 0) is 16.0 Å². The first kappa shape index (κ1) is 13.0. The van der Waals surface area contributed by atoms with Gasteiger partial charge in [0.05, 0.1) is 0 Å². The number of hydrogen-bond acceptors (Lipinski definition) is 2. The Kier molecular flexibility index (Phi) is 5.29. The van der Waals surface area contributed by atoms with E-state index in [1.165, 1.54) is 7.11 Å². The van der Waals surface area contributed by atoms with Gasteiger partial charge in [0.15, 0.2) is 0 Å². The predicted octanol–water partition coefficient (Wildman–Crippen LogP) is 2.03. The third-order valence-electron chi connectivity index (χ3n) is 2.17. The van der Waals surface area contributed by atoms with E-state index in [2.05, 4.69) is 5.32 Å². The first-order valence-corrected chi connectivity index (χ1v) is 5.53. The lowest BCUT2D eigenvalue weighted by Gasteiger charge is -2.14. The summed E-state index contributed by atoms with van der Waals surface area (Å²) in [4.78, 5) is 11.3. The summed E-state index contributed by atoms with van der Waals surface area (Å²) < 4.78 is 4.74.